The minimum absolute atomic E-state index is 0.157. The van der Waals surface area contributed by atoms with Crippen molar-refractivity contribution >= 4 is 17.5 Å². The van der Waals surface area contributed by atoms with Crippen molar-refractivity contribution in [3.63, 3.8) is 0 Å². The van der Waals surface area contributed by atoms with E-state index in [4.69, 9.17) is 0 Å². The first-order valence-corrected chi connectivity index (χ1v) is 10.8. The molecule has 1 aromatic rings. The molecule has 4 rings (SSSR count). The van der Waals surface area contributed by atoms with Crippen LogP contribution in [-0.2, 0) is 4.79 Å². The normalized spacial score (nSPS) is 21.8. The van der Waals surface area contributed by atoms with E-state index < -0.39 is 0 Å². The SMILES string of the molecule is CC(C(=O)NC1=C(N2CCCCC2)C(=O)c2ccccc2C1=O)N1CCCCC1. The molecule has 1 N–H and O–H groups in total. The van der Waals surface area contributed by atoms with Crippen molar-refractivity contribution in [1.82, 2.24) is 15.1 Å². The van der Waals surface area contributed by atoms with Gasteiger partial charge in [0.1, 0.15) is 11.4 Å². The summed E-state index contributed by atoms with van der Waals surface area (Å²) in [7, 11) is 0. The molecule has 1 aliphatic carbocycles. The van der Waals surface area contributed by atoms with Crippen LogP contribution in [0.1, 0.15) is 66.2 Å². The Morgan fingerprint density at radius 3 is 2.03 bits per heavy atom. The smallest absolute Gasteiger partial charge is 0.241 e. The minimum Gasteiger partial charge on any atom is -0.367 e. The second-order valence-corrected chi connectivity index (χ2v) is 8.24. The van der Waals surface area contributed by atoms with Gasteiger partial charge in [-0.15, -0.1) is 0 Å². The number of likely N-dealkylation sites (tertiary alicyclic amines) is 2. The van der Waals surface area contributed by atoms with Gasteiger partial charge in [-0.05, 0) is 52.1 Å². The van der Waals surface area contributed by atoms with Gasteiger partial charge >= 0.3 is 0 Å². The minimum atomic E-state index is -0.328. The van der Waals surface area contributed by atoms with Crippen molar-refractivity contribution in [3.8, 4) is 0 Å². The number of ketones is 2. The zero-order valence-electron chi connectivity index (χ0n) is 17.1. The van der Waals surface area contributed by atoms with E-state index >= 15 is 0 Å². The lowest BCUT2D eigenvalue weighted by Gasteiger charge is -2.35. The van der Waals surface area contributed by atoms with Gasteiger partial charge in [0, 0.05) is 24.2 Å². The molecule has 1 atom stereocenters. The molecule has 3 aliphatic rings. The Bertz CT molecular complexity index is 849. The number of nitrogens with zero attached hydrogens (tertiary/aromatic N) is 2. The number of hydrogen-bond acceptors (Lipinski definition) is 5. The molecule has 0 bridgehead atoms. The van der Waals surface area contributed by atoms with Gasteiger partial charge in [0.25, 0.3) is 0 Å². The van der Waals surface area contributed by atoms with E-state index in [0.717, 1.165) is 58.3 Å². The molecule has 0 aromatic heterocycles. The van der Waals surface area contributed by atoms with E-state index in [9.17, 15) is 14.4 Å². The van der Waals surface area contributed by atoms with Gasteiger partial charge in [-0.2, -0.15) is 0 Å². The first kappa shape index (κ1) is 19.8. The lowest BCUT2D eigenvalue weighted by atomic mass is 9.89. The second kappa shape index (κ2) is 8.49. The lowest BCUT2D eigenvalue weighted by Crippen LogP contribution is -2.49. The number of benzene rings is 1. The van der Waals surface area contributed by atoms with Crippen LogP contribution in [0, 0.1) is 0 Å². The molecule has 6 nitrogen and oxygen atoms in total. The number of fused-ring (bicyclic) bond motifs is 1. The van der Waals surface area contributed by atoms with Crippen LogP contribution in [0.5, 0.6) is 0 Å². The van der Waals surface area contributed by atoms with Crippen LogP contribution in [0.4, 0.5) is 0 Å². The summed E-state index contributed by atoms with van der Waals surface area (Å²) in [5.74, 6) is -0.639. The molecule has 0 saturated carbocycles. The third-order valence-electron chi connectivity index (χ3n) is 6.33. The fourth-order valence-corrected chi connectivity index (χ4v) is 4.60. The number of Topliss-reactive ketones (excluding diaryl/α,β-unsaturated/α-hetero) is 2. The summed E-state index contributed by atoms with van der Waals surface area (Å²) < 4.78 is 0. The molecular weight excluding hydrogens is 366 g/mol. The topological polar surface area (TPSA) is 69.7 Å². The predicted molar refractivity (Wildman–Crippen MR) is 111 cm³/mol. The molecule has 1 aromatic carbocycles. The first-order chi connectivity index (χ1) is 14.1. The summed E-state index contributed by atoms with van der Waals surface area (Å²) in [6.07, 6.45) is 6.46. The quantitative estimate of drug-likeness (QED) is 0.849. The number of hydrogen-bond donors (Lipinski definition) is 1. The van der Waals surface area contributed by atoms with Crippen molar-refractivity contribution in [2.75, 3.05) is 26.2 Å². The highest BCUT2D eigenvalue weighted by molar-refractivity contribution is 6.27. The number of carbonyl (C=O) groups excluding carboxylic acids is 3. The Labute approximate surface area is 171 Å². The molecule has 154 valence electrons. The Balaban J connectivity index is 1.66. The van der Waals surface area contributed by atoms with Crippen LogP contribution in [0.3, 0.4) is 0 Å². The van der Waals surface area contributed by atoms with E-state index in [1.54, 1.807) is 24.3 Å². The zero-order valence-corrected chi connectivity index (χ0v) is 17.1. The summed E-state index contributed by atoms with van der Waals surface area (Å²) in [5, 5.41) is 2.87. The third-order valence-corrected chi connectivity index (χ3v) is 6.33. The van der Waals surface area contributed by atoms with Gasteiger partial charge in [0.2, 0.25) is 17.5 Å². The predicted octanol–water partition coefficient (Wildman–Crippen LogP) is 2.75. The highest BCUT2D eigenvalue weighted by Gasteiger charge is 2.37. The Hall–Kier alpha value is -2.47. The monoisotopic (exact) mass is 395 g/mol. The maximum Gasteiger partial charge on any atom is 0.241 e. The fourth-order valence-electron chi connectivity index (χ4n) is 4.60. The molecule has 0 radical (unpaired) electrons. The average molecular weight is 396 g/mol. The van der Waals surface area contributed by atoms with Crippen LogP contribution in [0.2, 0.25) is 0 Å². The number of amides is 1. The summed E-state index contributed by atoms with van der Waals surface area (Å²) in [6, 6.07) is 6.58. The van der Waals surface area contributed by atoms with Crippen LogP contribution >= 0.6 is 0 Å². The first-order valence-electron chi connectivity index (χ1n) is 10.8. The van der Waals surface area contributed by atoms with Crippen molar-refractivity contribution in [2.24, 2.45) is 0 Å². The van der Waals surface area contributed by atoms with Crippen LogP contribution < -0.4 is 5.32 Å². The molecule has 6 heteroatoms. The summed E-state index contributed by atoms with van der Waals surface area (Å²) >= 11 is 0. The molecule has 29 heavy (non-hydrogen) atoms. The van der Waals surface area contributed by atoms with Gasteiger partial charge in [-0.3, -0.25) is 19.3 Å². The van der Waals surface area contributed by atoms with E-state index in [1.807, 2.05) is 11.8 Å². The highest BCUT2D eigenvalue weighted by atomic mass is 16.2. The summed E-state index contributed by atoms with van der Waals surface area (Å²) in [6.45, 7) is 5.13. The fraction of sp³-hybridized carbons (Fsp3) is 0.522. The molecule has 2 fully saturated rings. The van der Waals surface area contributed by atoms with E-state index in [2.05, 4.69) is 10.2 Å². The lowest BCUT2D eigenvalue weighted by molar-refractivity contribution is -0.125. The molecule has 1 amide bonds. The Morgan fingerprint density at radius 1 is 0.862 bits per heavy atom. The number of rotatable bonds is 4. The number of allylic oxidation sites excluding steroid dienone is 2. The maximum atomic E-state index is 13.3. The maximum absolute atomic E-state index is 13.3. The van der Waals surface area contributed by atoms with Crippen LogP contribution in [0.25, 0.3) is 0 Å². The zero-order chi connectivity index (χ0) is 20.4. The van der Waals surface area contributed by atoms with E-state index in [-0.39, 0.29) is 29.2 Å². The van der Waals surface area contributed by atoms with Crippen LogP contribution in [0.15, 0.2) is 35.7 Å². The van der Waals surface area contributed by atoms with Gasteiger partial charge in [0.05, 0.1) is 6.04 Å². The van der Waals surface area contributed by atoms with Crippen LogP contribution in [-0.4, -0.2) is 59.5 Å². The number of carbonyl (C=O) groups is 3. The summed E-state index contributed by atoms with van der Waals surface area (Å²) in [5.41, 5.74) is 1.33. The average Bonchev–Trinajstić information content (AvgIpc) is 2.78. The Kier molecular flexibility index (Phi) is 5.81. The second-order valence-electron chi connectivity index (χ2n) is 8.24. The number of nitrogens with one attached hydrogen (secondary N) is 1. The van der Waals surface area contributed by atoms with Crippen molar-refractivity contribution in [2.45, 2.75) is 51.5 Å². The van der Waals surface area contributed by atoms with Gasteiger partial charge in [0.15, 0.2) is 0 Å². The van der Waals surface area contributed by atoms with Crippen molar-refractivity contribution in [3.05, 3.63) is 46.8 Å². The molecule has 2 heterocycles. The highest BCUT2D eigenvalue weighted by Crippen LogP contribution is 2.29. The van der Waals surface area contributed by atoms with Crippen molar-refractivity contribution in [1.29, 1.82) is 0 Å². The molecule has 1 unspecified atom stereocenters. The molecule has 2 saturated heterocycles. The van der Waals surface area contributed by atoms with Gasteiger partial charge in [-0.1, -0.05) is 30.7 Å². The van der Waals surface area contributed by atoms with E-state index in [1.165, 1.54) is 6.42 Å². The van der Waals surface area contributed by atoms with E-state index in [0.29, 0.717) is 16.8 Å². The standard InChI is InChI=1S/C23H29N3O3/c1-16(25-12-6-2-7-13-25)23(29)24-19-20(26-14-8-3-9-15-26)22(28)18-11-5-4-10-17(18)21(19)27/h4-5,10-11,16H,2-3,6-9,12-15H2,1H3,(H,24,29). The Morgan fingerprint density at radius 2 is 1.41 bits per heavy atom. The molecule has 0 spiro atoms. The van der Waals surface area contributed by atoms with Gasteiger partial charge in [-0.25, -0.2) is 0 Å². The molecule has 2 aliphatic heterocycles. The molecular formula is C23H29N3O3. The summed E-state index contributed by atoms with van der Waals surface area (Å²) in [4.78, 5) is 43.8. The van der Waals surface area contributed by atoms with Gasteiger partial charge < -0.3 is 10.2 Å². The number of piperidine rings is 2. The van der Waals surface area contributed by atoms with Crippen molar-refractivity contribution < 1.29 is 14.4 Å². The largest absolute Gasteiger partial charge is 0.367 e. The third kappa shape index (κ3) is 3.86.